The second-order valence-corrected chi connectivity index (χ2v) is 8.38. The normalized spacial score (nSPS) is 11.1. The summed E-state index contributed by atoms with van der Waals surface area (Å²) in [4.78, 5) is 17.5. The van der Waals surface area contributed by atoms with Gasteiger partial charge in [-0.3, -0.25) is 4.79 Å². The van der Waals surface area contributed by atoms with E-state index in [9.17, 15) is 4.79 Å². The number of oxazole rings is 1. The van der Waals surface area contributed by atoms with Gasteiger partial charge in [0.05, 0.1) is 0 Å². The van der Waals surface area contributed by atoms with Crippen LogP contribution in [0.3, 0.4) is 0 Å². The third-order valence-corrected chi connectivity index (χ3v) is 5.70. The van der Waals surface area contributed by atoms with Crippen LogP contribution in [0.5, 0.6) is 0 Å². The Kier molecular flexibility index (Phi) is 5.49. The molecule has 5 rings (SSSR count). The zero-order valence-corrected chi connectivity index (χ0v) is 18.6. The molecular weight excluding hydrogens is 408 g/mol. The van der Waals surface area contributed by atoms with Crippen LogP contribution in [0.2, 0.25) is 0 Å². The predicted octanol–water partition coefficient (Wildman–Crippen LogP) is 7.54. The number of fused-ring (bicyclic) bond motifs is 1. The molecule has 0 atom stereocenters. The number of aromatic nitrogens is 1. The van der Waals surface area contributed by atoms with E-state index in [4.69, 9.17) is 4.42 Å². The van der Waals surface area contributed by atoms with Crippen molar-refractivity contribution < 1.29 is 9.21 Å². The monoisotopic (exact) mass is 432 g/mol. The number of hydrogen-bond acceptors (Lipinski definition) is 3. The number of rotatable bonds is 5. The average Bonchev–Trinajstić information content (AvgIpc) is 3.28. The lowest BCUT2D eigenvalue weighted by Crippen LogP contribution is -2.11. The number of benzene rings is 4. The molecule has 0 aliphatic heterocycles. The Balaban J connectivity index is 1.35. The lowest BCUT2D eigenvalue weighted by atomic mass is 10.0. The van der Waals surface area contributed by atoms with E-state index >= 15 is 0 Å². The van der Waals surface area contributed by atoms with Crippen LogP contribution in [0.1, 0.15) is 35.7 Å². The molecule has 33 heavy (non-hydrogen) atoms. The van der Waals surface area contributed by atoms with Crippen LogP contribution < -0.4 is 5.32 Å². The fourth-order valence-corrected chi connectivity index (χ4v) is 3.80. The van der Waals surface area contributed by atoms with Gasteiger partial charge in [-0.05, 0) is 65.1 Å². The maximum Gasteiger partial charge on any atom is 0.255 e. The molecule has 4 heteroatoms. The first-order chi connectivity index (χ1) is 16.1. The highest BCUT2D eigenvalue weighted by Gasteiger charge is 2.12. The molecule has 1 N–H and O–H groups in total. The summed E-state index contributed by atoms with van der Waals surface area (Å²) in [5, 5.41) is 2.98. The van der Waals surface area contributed by atoms with Crippen molar-refractivity contribution in [2.45, 2.75) is 19.8 Å². The number of amides is 1. The molecule has 0 bridgehead atoms. The molecule has 0 aliphatic carbocycles. The van der Waals surface area contributed by atoms with Crippen molar-refractivity contribution in [1.82, 2.24) is 4.98 Å². The van der Waals surface area contributed by atoms with E-state index in [0.29, 0.717) is 23.1 Å². The van der Waals surface area contributed by atoms with Gasteiger partial charge in [-0.1, -0.05) is 68.4 Å². The Morgan fingerprint density at radius 3 is 2.27 bits per heavy atom. The molecule has 0 saturated carbocycles. The van der Waals surface area contributed by atoms with Crippen molar-refractivity contribution in [1.29, 1.82) is 0 Å². The summed E-state index contributed by atoms with van der Waals surface area (Å²) in [6, 6.07) is 31.4. The summed E-state index contributed by atoms with van der Waals surface area (Å²) in [7, 11) is 0. The quantitative estimate of drug-likeness (QED) is 0.312. The van der Waals surface area contributed by atoms with Crippen LogP contribution >= 0.6 is 0 Å². The molecule has 0 saturated heterocycles. The van der Waals surface area contributed by atoms with Crippen LogP contribution in [0, 0.1) is 0 Å². The third-order valence-electron chi connectivity index (χ3n) is 5.70. The Morgan fingerprint density at radius 2 is 1.52 bits per heavy atom. The minimum atomic E-state index is -0.161. The van der Waals surface area contributed by atoms with Gasteiger partial charge in [-0.25, -0.2) is 4.98 Å². The van der Waals surface area contributed by atoms with Crippen LogP contribution in [0.25, 0.3) is 33.7 Å². The Hall–Kier alpha value is -4.18. The fourth-order valence-electron chi connectivity index (χ4n) is 3.80. The molecule has 0 radical (unpaired) electrons. The minimum absolute atomic E-state index is 0.161. The summed E-state index contributed by atoms with van der Waals surface area (Å²) in [6.45, 7) is 4.31. The molecular formula is C29H24N2O2. The first-order valence-corrected chi connectivity index (χ1v) is 11.0. The van der Waals surface area contributed by atoms with Crippen LogP contribution in [0.4, 0.5) is 5.69 Å². The van der Waals surface area contributed by atoms with E-state index in [0.717, 1.165) is 27.8 Å². The topological polar surface area (TPSA) is 55.1 Å². The van der Waals surface area contributed by atoms with Gasteiger partial charge in [0.25, 0.3) is 5.91 Å². The van der Waals surface area contributed by atoms with Gasteiger partial charge in [-0.15, -0.1) is 0 Å². The number of carbonyl (C=O) groups is 1. The molecule has 1 amide bonds. The van der Waals surface area contributed by atoms with Crippen LogP contribution in [0.15, 0.2) is 101 Å². The number of carbonyl (C=O) groups excluding carboxylic acids is 1. The molecule has 0 fully saturated rings. The molecule has 5 aromatic rings. The molecule has 0 aliphatic rings. The zero-order valence-electron chi connectivity index (χ0n) is 18.6. The van der Waals surface area contributed by atoms with Gasteiger partial charge in [0.2, 0.25) is 5.89 Å². The fraction of sp³-hybridized carbons (Fsp3) is 0.103. The predicted molar refractivity (Wildman–Crippen MR) is 133 cm³/mol. The maximum atomic E-state index is 12.8. The van der Waals surface area contributed by atoms with E-state index in [1.807, 2.05) is 72.8 Å². The first kappa shape index (κ1) is 20.7. The Morgan fingerprint density at radius 1 is 0.788 bits per heavy atom. The highest BCUT2D eigenvalue weighted by Crippen LogP contribution is 2.28. The average molecular weight is 433 g/mol. The highest BCUT2D eigenvalue weighted by molar-refractivity contribution is 6.04. The van der Waals surface area contributed by atoms with E-state index in [-0.39, 0.29) is 5.91 Å². The molecule has 162 valence electrons. The minimum Gasteiger partial charge on any atom is -0.436 e. The van der Waals surface area contributed by atoms with Crippen molar-refractivity contribution in [3.8, 4) is 22.6 Å². The number of anilines is 1. The SMILES string of the molecule is CC(C)c1ccc2oc(-c3cccc(NC(=O)c4ccc(-c5ccccc5)cc4)c3)nc2c1. The van der Waals surface area contributed by atoms with Crippen molar-refractivity contribution in [3.63, 3.8) is 0 Å². The molecule has 4 nitrogen and oxygen atoms in total. The number of nitrogens with zero attached hydrogens (tertiary/aromatic N) is 1. The van der Waals surface area contributed by atoms with Gasteiger partial charge in [0.1, 0.15) is 5.52 Å². The second kappa shape index (κ2) is 8.75. The van der Waals surface area contributed by atoms with Crippen LogP contribution in [-0.2, 0) is 0 Å². The molecule has 0 unspecified atom stereocenters. The number of nitrogens with one attached hydrogen (secondary N) is 1. The summed E-state index contributed by atoms with van der Waals surface area (Å²) >= 11 is 0. The largest absolute Gasteiger partial charge is 0.436 e. The van der Waals surface area contributed by atoms with E-state index in [2.05, 4.69) is 48.4 Å². The Bertz CT molecular complexity index is 1420. The standard InChI is InChI=1S/C29H24N2O2/c1-19(2)23-15-16-27-26(18-23)31-29(33-27)24-9-6-10-25(17-24)30-28(32)22-13-11-21(12-14-22)20-7-4-3-5-8-20/h3-19H,1-2H3,(H,30,32). The summed E-state index contributed by atoms with van der Waals surface area (Å²) in [5.41, 5.74) is 7.11. The molecule has 1 heterocycles. The van der Waals surface area contributed by atoms with E-state index in [1.54, 1.807) is 0 Å². The lowest BCUT2D eigenvalue weighted by molar-refractivity contribution is 0.102. The molecule has 0 spiro atoms. The number of hydrogen-bond donors (Lipinski definition) is 1. The first-order valence-electron chi connectivity index (χ1n) is 11.0. The van der Waals surface area contributed by atoms with Crippen molar-refractivity contribution >= 4 is 22.7 Å². The van der Waals surface area contributed by atoms with Crippen molar-refractivity contribution in [2.24, 2.45) is 0 Å². The smallest absolute Gasteiger partial charge is 0.255 e. The summed E-state index contributed by atoms with van der Waals surface area (Å²) in [6.07, 6.45) is 0. The van der Waals surface area contributed by atoms with Gasteiger partial charge in [0, 0.05) is 16.8 Å². The highest BCUT2D eigenvalue weighted by atomic mass is 16.3. The van der Waals surface area contributed by atoms with Crippen molar-refractivity contribution in [2.75, 3.05) is 5.32 Å². The van der Waals surface area contributed by atoms with E-state index < -0.39 is 0 Å². The van der Waals surface area contributed by atoms with Gasteiger partial charge >= 0.3 is 0 Å². The lowest BCUT2D eigenvalue weighted by Gasteiger charge is -2.07. The van der Waals surface area contributed by atoms with Gasteiger partial charge in [-0.2, -0.15) is 0 Å². The Labute approximate surface area is 192 Å². The van der Waals surface area contributed by atoms with Gasteiger partial charge < -0.3 is 9.73 Å². The second-order valence-electron chi connectivity index (χ2n) is 8.38. The van der Waals surface area contributed by atoms with Gasteiger partial charge in [0.15, 0.2) is 5.58 Å². The third kappa shape index (κ3) is 4.41. The van der Waals surface area contributed by atoms with E-state index in [1.165, 1.54) is 5.56 Å². The summed E-state index contributed by atoms with van der Waals surface area (Å²) < 4.78 is 5.96. The zero-order chi connectivity index (χ0) is 22.8. The van der Waals surface area contributed by atoms with Crippen molar-refractivity contribution in [3.05, 3.63) is 108 Å². The maximum absolute atomic E-state index is 12.8. The van der Waals surface area contributed by atoms with Crippen LogP contribution in [-0.4, -0.2) is 10.9 Å². The summed E-state index contributed by atoms with van der Waals surface area (Å²) in [5.74, 6) is 0.801. The molecule has 1 aromatic heterocycles. The molecule has 4 aromatic carbocycles.